The van der Waals surface area contributed by atoms with Crippen LogP contribution < -0.4 is 0 Å². The molecule has 0 radical (unpaired) electrons. The Morgan fingerprint density at radius 2 is 1.59 bits per heavy atom. The molecule has 0 amide bonds. The Morgan fingerprint density at radius 3 is 1.94 bits per heavy atom. The quantitative estimate of drug-likeness (QED) is 0.859. The minimum absolute atomic E-state index is 0.198. The largest absolute Gasteiger partial charge is 0.416 e. The lowest BCUT2D eigenvalue weighted by molar-refractivity contribution is -0.137. The van der Waals surface area contributed by atoms with Crippen molar-refractivity contribution in [1.29, 1.82) is 0 Å². The maximum atomic E-state index is 12.4. The van der Waals surface area contributed by atoms with E-state index in [2.05, 4.69) is 0 Å². The van der Waals surface area contributed by atoms with Crippen LogP contribution in [0.5, 0.6) is 0 Å². The molecule has 1 aromatic carbocycles. The second-order valence-electron chi connectivity index (χ2n) is 4.63. The Balaban J connectivity index is 2.28. The van der Waals surface area contributed by atoms with E-state index < -0.39 is 17.3 Å². The van der Waals surface area contributed by atoms with Crippen LogP contribution in [-0.4, -0.2) is 5.11 Å². The molecule has 1 aromatic rings. The third kappa shape index (κ3) is 2.32. The first-order chi connectivity index (χ1) is 7.88. The Morgan fingerprint density at radius 1 is 1.12 bits per heavy atom. The fourth-order valence-electron chi connectivity index (χ4n) is 2.24. The summed E-state index contributed by atoms with van der Waals surface area (Å²) >= 11 is 0. The summed E-state index contributed by atoms with van der Waals surface area (Å²) in [4.78, 5) is 0. The van der Waals surface area contributed by atoms with Crippen LogP contribution in [0, 0.1) is 5.92 Å². The molecule has 0 heterocycles. The van der Waals surface area contributed by atoms with Crippen LogP contribution in [0.4, 0.5) is 13.2 Å². The van der Waals surface area contributed by atoms with Gasteiger partial charge in [-0.3, -0.25) is 0 Å². The number of hydrogen-bond donors (Lipinski definition) is 1. The Hall–Kier alpha value is -1.03. The minimum Gasteiger partial charge on any atom is -0.385 e. The average Bonchev–Trinajstić information content (AvgIpc) is 3.11. The fraction of sp³-hybridized carbons (Fsp3) is 0.538. The molecule has 0 saturated heterocycles. The zero-order valence-corrected chi connectivity index (χ0v) is 9.59. The number of alkyl halides is 3. The maximum absolute atomic E-state index is 12.4. The molecule has 0 bridgehead atoms. The van der Waals surface area contributed by atoms with E-state index in [0.717, 1.165) is 25.0 Å². The van der Waals surface area contributed by atoms with Gasteiger partial charge in [0.2, 0.25) is 0 Å². The smallest absolute Gasteiger partial charge is 0.385 e. The summed E-state index contributed by atoms with van der Waals surface area (Å²) in [6.45, 7) is 1.86. The minimum atomic E-state index is -4.32. The van der Waals surface area contributed by atoms with E-state index in [1.54, 1.807) is 0 Å². The molecule has 1 fully saturated rings. The van der Waals surface area contributed by atoms with Gasteiger partial charge in [-0.1, -0.05) is 19.1 Å². The highest BCUT2D eigenvalue weighted by Gasteiger charge is 2.43. The lowest BCUT2D eigenvalue weighted by atomic mass is 9.86. The third-order valence-corrected chi connectivity index (χ3v) is 3.50. The van der Waals surface area contributed by atoms with E-state index in [0.29, 0.717) is 12.0 Å². The van der Waals surface area contributed by atoms with Crippen LogP contribution in [0.3, 0.4) is 0 Å². The highest BCUT2D eigenvalue weighted by Crippen LogP contribution is 2.47. The van der Waals surface area contributed by atoms with Crippen molar-refractivity contribution >= 4 is 0 Å². The molecule has 17 heavy (non-hydrogen) atoms. The van der Waals surface area contributed by atoms with E-state index >= 15 is 0 Å². The number of hydrogen-bond acceptors (Lipinski definition) is 1. The summed E-state index contributed by atoms with van der Waals surface area (Å²) < 4.78 is 37.2. The highest BCUT2D eigenvalue weighted by atomic mass is 19.4. The van der Waals surface area contributed by atoms with Gasteiger partial charge >= 0.3 is 6.18 Å². The maximum Gasteiger partial charge on any atom is 0.416 e. The molecule has 1 N–H and O–H groups in total. The van der Waals surface area contributed by atoms with Crippen molar-refractivity contribution in [2.75, 3.05) is 0 Å². The van der Waals surface area contributed by atoms with Gasteiger partial charge in [-0.25, -0.2) is 0 Å². The SMILES string of the molecule is CCC(O)(c1ccc(C(F)(F)F)cc1)C1CC1. The zero-order valence-electron chi connectivity index (χ0n) is 9.59. The van der Waals surface area contributed by atoms with Crippen LogP contribution in [0.15, 0.2) is 24.3 Å². The highest BCUT2D eigenvalue weighted by molar-refractivity contribution is 5.30. The van der Waals surface area contributed by atoms with Gasteiger partial charge < -0.3 is 5.11 Å². The van der Waals surface area contributed by atoms with Crippen LogP contribution in [-0.2, 0) is 11.8 Å². The van der Waals surface area contributed by atoms with E-state index in [4.69, 9.17) is 0 Å². The predicted molar refractivity (Wildman–Crippen MR) is 58.4 cm³/mol. The zero-order chi connectivity index (χ0) is 12.7. The number of benzene rings is 1. The van der Waals surface area contributed by atoms with Crippen LogP contribution in [0.2, 0.25) is 0 Å². The summed E-state index contributed by atoms with van der Waals surface area (Å²) in [6.07, 6.45) is -1.89. The predicted octanol–water partition coefficient (Wildman–Crippen LogP) is 3.71. The van der Waals surface area contributed by atoms with Gasteiger partial charge in [0.25, 0.3) is 0 Å². The first-order valence-electron chi connectivity index (χ1n) is 5.78. The molecule has 2 rings (SSSR count). The van der Waals surface area contributed by atoms with Crippen molar-refractivity contribution < 1.29 is 18.3 Å². The van der Waals surface area contributed by atoms with E-state index in [-0.39, 0.29) is 5.92 Å². The molecule has 1 atom stereocenters. The fourth-order valence-corrected chi connectivity index (χ4v) is 2.24. The van der Waals surface area contributed by atoms with Gasteiger partial charge in [0.05, 0.1) is 11.2 Å². The molecule has 1 saturated carbocycles. The van der Waals surface area contributed by atoms with Crippen molar-refractivity contribution in [3.63, 3.8) is 0 Å². The molecule has 4 heteroatoms. The molecule has 94 valence electrons. The topological polar surface area (TPSA) is 20.2 Å². The summed E-state index contributed by atoms with van der Waals surface area (Å²) in [5.41, 5.74) is -1.03. The normalized spacial score (nSPS) is 20.1. The Bertz CT molecular complexity index is 392. The van der Waals surface area contributed by atoms with Crippen LogP contribution in [0.1, 0.15) is 37.3 Å². The number of aliphatic hydroxyl groups is 1. The Labute approximate surface area is 98.3 Å². The van der Waals surface area contributed by atoms with Crippen molar-refractivity contribution in [1.82, 2.24) is 0 Å². The van der Waals surface area contributed by atoms with E-state index in [1.165, 1.54) is 12.1 Å². The van der Waals surface area contributed by atoms with Gasteiger partial charge in [-0.2, -0.15) is 13.2 Å². The van der Waals surface area contributed by atoms with Gasteiger partial charge in [0.1, 0.15) is 0 Å². The molecule has 1 unspecified atom stereocenters. The van der Waals surface area contributed by atoms with Gasteiger partial charge in [0, 0.05) is 0 Å². The lowest BCUT2D eigenvalue weighted by Gasteiger charge is -2.27. The summed E-state index contributed by atoms with van der Waals surface area (Å²) in [5.74, 6) is 0.198. The summed E-state index contributed by atoms with van der Waals surface area (Å²) in [7, 11) is 0. The standard InChI is InChI=1S/C13H15F3O/c1-2-12(17,9-3-4-9)10-5-7-11(8-6-10)13(14,15)16/h5-9,17H,2-4H2,1H3. The molecule has 0 spiro atoms. The van der Waals surface area contributed by atoms with Crippen molar-refractivity contribution in [3.05, 3.63) is 35.4 Å². The molecular formula is C13H15F3O. The van der Waals surface area contributed by atoms with Crippen molar-refractivity contribution in [2.24, 2.45) is 5.92 Å². The number of halogens is 3. The van der Waals surface area contributed by atoms with E-state index in [9.17, 15) is 18.3 Å². The van der Waals surface area contributed by atoms with Crippen LogP contribution >= 0.6 is 0 Å². The summed E-state index contributed by atoms with van der Waals surface area (Å²) in [5, 5.41) is 10.4. The second kappa shape index (κ2) is 4.02. The second-order valence-corrected chi connectivity index (χ2v) is 4.63. The molecule has 1 aliphatic carbocycles. The first-order valence-corrected chi connectivity index (χ1v) is 5.78. The lowest BCUT2D eigenvalue weighted by Crippen LogP contribution is -2.27. The molecular weight excluding hydrogens is 229 g/mol. The third-order valence-electron chi connectivity index (χ3n) is 3.50. The molecule has 1 aliphatic rings. The van der Waals surface area contributed by atoms with E-state index in [1.807, 2.05) is 6.92 Å². The van der Waals surface area contributed by atoms with Crippen molar-refractivity contribution in [2.45, 2.75) is 38.0 Å². The Kier molecular flexibility index (Phi) is 2.94. The van der Waals surface area contributed by atoms with Gasteiger partial charge in [-0.15, -0.1) is 0 Å². The van der Waals surface area contributed by atoms with Crippen LogP contribution in [0.25, 0.3) is 0 Å². The van der Waals surface area contributed by atoms with Gasteiger partial charge in [0.15, 0.2) is 0 Å². The molecule has 0 aliphatic heterocycles. The summed E-state index contributed by atoms with van der Waals surface area (Å²) in [6, 6.07) is 4.87. The van der Waals surface area contributed by atoms with Gasteiger partial charge in [-0.05, 0) is 42.9 Å². The first kappa shape index (κ1) is 12.4. The monoisotopic (exact) mass is 244 g/mol. The molecule has 1 nitrogen and oxygen atoms in total. The average molecular weight is 244 g/mol. The molecule has 0 aromatic heterocycles. The number of rotatable bonds is 3. The van der Waals surface area contributed by atoms with Crippen molar-refractivity contribution in [3.8, 4) is 0 Å².